The number of nitrogens with zero attached hydrogens (tertiary/aromatic N) is 2. The van der Waals surface area contributed by atoms with Crippen molar-refractivity contribution in [2.24, 2.45) is 5.73 Å². The van der Waals surface area contributed by atoms with Crippen molar-refractivity contribution >= 4 is 5.65 Å². The molecule has 0 unspecified atom stereocenters. The van der Waals surface area contributed by atoms with Gasteiger partial charge < -0.3 is 10.1 Å². The maximum atomic E-state index is 5.67. The Morgan fingerprint density at radius 2 is 2.19 bits per heavy atom. The van der Waals surface area contributed by atoms with Crippen LogP contribution in [0.5, 0.6) is 0 Å². The summed E-state index contributed by atoms with van der Waals surface area (Å²) in [7, 11) is 0. The van der Waals surface area contributed by atoms with Crippen LogP contribution < -0.4 is 5.73 Å². The minimum atomic E-state index is 0.446. The van der Waals surface area contributed by atoms with Gasteiger partial charge in [0, 0.05) is 18.3 Å². The molecule has 0 saturated carbocycles. The molecule has 86 valence electrons. The maximum Gasteiger partial charge on any atom is 0.137 e. The van der Waals surface area contributed by atoms with Gasteiger partial charge in [0.25, 0.3) is 0 Å². The molecule has 0 aliphatic heterocycles. The molecule has 16 heavy (non-hydrogen) atoms. The number of aryl methyl sites for hydroxylation is 1. The molecule has 0 bridgehead atoms. The van der Waals surface area contributed by atoms with E-state index in [1.807, 2.05) is 0 Å². The summed E-state index contributed by atoms with van der Waals surface area (Å²) in [6.45, 7) is 7.11. The summed E-state index contributed by atoms with van der Waals surface area (Å²) < 4.78 is 2.16. The highest BCUT2D eigenvalue weighted by atomic mass is 15.0. The van der Waals surface area contributed by atoms with Crippen LogP contribution in [-0.2, 0) is 6.42 Å². The zero-order valence-electron chi connectivity index (χ0n) is 10.2. The summed E-state index contributed by atoms with van der Waals surface area (Å²) in [5.41, 5.74) is 10.4. The van der Waals surface area contributed by atoms with Crippen molar-refractivity contribution in [3.63, 3.8) is 0 Å². The molecule has 0 atom stereocenters. The Kier molecular flexibility index (Phi) is 2.97. The molecule has 2 aromatic heterocycles. The van der Waals surface area contributed by atoms with Gasteiger partial charge in [0.2, 0.25) is 0 Å². The van der Waals surface area contributed by atoms with E-state index in [1.54, 1.807) is 0 Å². The van der Waals surface area contributed by atoms with Crippen molar-refractivity contribution < 1.29 is 0 Å². The lowest BCUT2D eigenvalue weighted by Gasteiger charge is -2.05. The molecule has 3 heteroatoms. The molecule has 0 fully saturated rings. The van der Waals surface area contributed by atoms with Crippen LogP contribution in [-0.4, -0.2) is 15.9 Å². The lowest BCUT2D eigenvalue weighted by atomic mass is 10.1. The van der Waals surface area contributed by atoms with E-state index in [0.29, 0.717) is 12.5 Å². The van der Waals surface area contributed by atoms with Crippen LogP contribution in [0.4, 0.5) is 0 Å². The van der Waals surface area contributed by atoms with Crippen LogP contribution in [0.3, 0.4) is 0 Å². The third-order valence-electron chi connectivity index (χ3n) is 2.84. The van der Waals surface area contributed by atoms with E-state index in [-0.39, 0.29) is 0 Å². The second kappa shape index (κ2) is 4.26. The standard InChI is InChI=1S/C13H19N3/c1-9(2)13-11(4-6-14)16-7-5-10(3)8-12(16)15-13/h5,7-9H,4,6,14H2,1-3H3. The zero-order valence-corrected chi connectivity index (χ0v) is 10.2. The molecule has 2 N–H and O–H groups in total. The molecule has 2 rings (SSSR count). The maximum absolute atomic E-state index is 5.67. The van der Waals surface area contributed by atoms with Crippen molar-refractivity contribution in [2.75, 3.05) is 6.54 Å². The fourth-order valence-corrected chi connectivity index (χ4v) is 2.06. The average molecular weight is 217 g/mol. The number of pyridine rings is 1. The van der Waals surface area contributed by atoms with Gasteiger partial charge in [-0.2, -0.15) is 0 Å². The number of imidazole rings is 1. The van der Waals surface area contributed by atoms with Crippen molar-refractivity contribution in [3.8, 4) is 0 Å². The molecule has 2 heterocycles. The van der Waals surface area contributed by atoms with E-state index in [0.717, 1.165) is 12.1 Å². The normalized spacial score (nSPS) is 11.6. The van der Waals surface area contributed by atoms with Gasteiger partial charge in [0.1, 0.15) is 5.65 Å². The molecular weight excluding hydrogens is 198 g/mol. The molecule has 0 spiro atoms. The smallest absolute Gasteiger partial charge is 0.137 e. The van der Waals surface area contributed by atoms with Gasteiger partial charge in [-0.1, -0.05) is 13.8 Å². The van der Waals surface area contributed by atoms with E-state index in [1.165, 1.54) is 17.0 Å². The monoisotopic (exact) mass is 217 g/mol. The first-order valence-electron chi connectivity index (χ1n) is 5.81. The van der Waals surface area contributed by atoms with Gasteiger partial charge in [-0.05, 0) is 37.1 Å². The van der Waals surface area contributed by atoms with Crippen LogP contribution in [0.25, 0.3) is 5.65 Å². The first-order chi connectivity index (χ1) is 7.63. The Bertz CT molecular complexity index is 497. The number of aromatic nitrogens is 2. The van der Waals surface area contributed by atoms with Gasteiger partial charge in [-0.25, -0.2) is 4.98 Å². The van der Waals surface area contributed by atoms with Crippen LogP contribution in [0, 0.1) is 6.92 Å². The van der Waals surface area contributed by atoms with Crippen molar-refractivity contribution in [1.82, 2.24) is 9.38 Å². The van der Waals surface area contributed by atoms with Crippen molar-refractivity contribution in [3.05, 3.63) is 35.3 Å². The number of nitrogens with two attached hydrogens (primary N) is 1. The molecule has 3 nitrogen and oxygen atoms in total. The van der Waals surface area contributed by atoms with Crippen LogP contribution >= 0.6 is 0 Å². The van der Waals surface area contributed by atoms with E-state index in [4.69, 9.17) is 10.7 Å². The summed E-state index contributed by atoms with van der Waals surface area (Å²) in [5.74, 6) is 0.446. The van der Waals surface area contributed by atoms with E-state index >= 15 is 0 Å². The molecule has 0 amide bonds. The largest absolute Gasteiger partial charge is 0.330 e. The molecule has 0 aliphatic rings. The SMILES string of the molecule is Cc1ccn2c(CCN)c(C(C)C)nc2c1. The number of hydrogen-bond donors (Lipinski definition) is 1. The van der Waals surface area contributed by atoms with Crippen LogP contribution in [0.1, 0.15) is 36.7 Å². The molecule has 2 aromatic rings. The highest BCUT2D eigenvalue weighted by Crippen LogP contribution is 2.21. The predicted octanol–water partition coefficient (Wildman–Crippen LogP) is 2.27. The molecule has 0 aromatic carbocycles. The predicted molar refractivity (Wildman–Crippen MR) is 66.8 cm³/mol. The number of fused-ring (bicyclic) bond motifs is 1. The lowest BCUT2D eigenvalue weighted by molar-refractivity contribution is 0.791. The van der Waals surface area contributed by atoms with E-state index in [9.17, 15) is 0 Å². The Hall–Kier alpha value is -1.35. The van der Waals surface area contributed by atoms with Gasteiger partial charge in [0.15, 0.2) is 0 Å². The summed E-state index contributed by atoms with van der Waals surface area (Å²) in [6.07, 6.45) is 2.98. The minimum Gasteiger partial charge on any atom is -0.330 e. The number of hydrogen-bond acceptors (Lipinski definition) is 2. The lowest BCUT2D eigenvalue weighted by Crippen LogP contribution is -2.07. The summed E-state index contributed by atoms with van der Waals surface area (Å²) in [5, 5.41) is 0. The summed E-state index contributed by atoms with van der Waals surface area (Å²) in [6, 6.07) is 4.23. The van der Waals surface area contributed by atoms with Gasteiger partial charge in [-0.15, -0.1) is 0 Å². The minimum absolute atomic E-state index is 0.446. The molecular formula is C13H19N3. The zero-order chi connectivity index (χ0) is 11.7. The second-order valence-electron chi connectivity index (χ2n) is 4.57. The highest BCUT2D eigenvalue weighted by Gasteiger charge is 2.13. The van der Waals surface area contributed by atoms with E-state index in [2.05, 4.69) is 43.5 Å². The third kappa shape index (κ3) is 1.83. The van der Waals surface area contributed by atoms with Gasteiger partial charge >= 0.3 is 0 Å². The molecule has 0 radical (unpaired) electrons. The third-order valence-corrected chi connectivity index (χ3v) is 2.84. The Morgan fingerprint density at radius 3 is 2.81 bits per heavy atom. The van der Waals surface area contributed by atoms with Gasteiger partial charge in [0.05, 0.1) is 5.69 Å². The first kappa shape index (κ1) is 11.1. The fourth-order valence-electron chi connectivity index (χ4n) is 2.06. The fraction of sp³-hybridized carbons (Fsp3) is 0.462. The highest BCUT2D eigenvalue weighted by molar-refractivity contribution is 5.46. The molecule has 0 aliphatic carbocycles. The average Bonchev–Trinajstić information content (AvgIpc) is 2.57. The second-order valence-corrected chi connectivity index (χ2v) is 4.57. The van der Waals surface area contributed by atoms with E-state index < -0.39 is 0 Å². The molecule has 0 saturated heterocycles. The Balaban J connectivity index is 2.65. The first-order valence-corrected chi connectivity index (χ1v) is 5.81. The van der Waals surface area contributed by atoms with Gasteiger partial charge in [-0.3, -0.25) is 0 Å². The Labute approximate surface area is 96.3 Å². The van der Waals surface area contributed by atoms with Crippen molar-refractivity contribution in [2.45, 2.75) is 33.1 Å². The number of rotatable bonds is 3. The van der Waals surface area contributed by atoms with Crippen LogP contribution in [0.15, 0.2) is 18.3 Å². The Morgan fingerprint density at radius 1 is 1.44 bits per heavy atom. The topological polar surface area (TPSA) is 43.3 Å². The summed E-state index contributed by atoms with van der Waals surface area (Å²) in [4.78, 5) is 4.70. The van der Waals surface area contributed by atoms with Crippen LogP contribution in [0.2, 0.25) is 0 Å². The van der Waals surface area contributed by atoms with Crippen molar-refractivity contribution in [1.29, 1.82) is 0 Å². The summed E-state index contributed by atoms with van der Waals surface area (Å²) >= 11 is 0. The quantitative estimate of drug-likeness (QED) is 0.857.